The van der Waals surface area contributed by atoms with Crippen LogP contribution < -0.4 is 15.4 Å². The number of hydrogen-bond donors (Lipinski definition) is 2. The summed E-state index contributed by atoms with van der Waals surface area (Å²) in [7, 11) is 0. The predicted molar refractivity (Wildman–Crippen MR) is 82.7 cm³/mol. The third kappa shape index (κ3) is 5.58. The number of hydrogen-bond acceptors (Lipinski definition) is 3. The first-order chi connectivity index (χ1) is 11.2. The second-order valence-electron chi connectivity index (χ2n) is 6.25. The number of amides is 2. The Kier molecular flexibility index (Phi) is 5.90. The molecule has 1 aromatic heterocycles. The molecule has 0 saturated heterocycles. The molecule has 0 spiro atoms. The molecule has 2 rings (SSSR count). The van der Waals surface area contributed by atoms with Crippen molar-refractivity contribution in [3.63, 3.8) is 0 Å². The van der Waals surface area contributed by atoms with Crippen LogP contribution in [0, 0.1) is 0 Å². The first-order valence-corrected chi connectivity index (χ1v) is 8.01. The summed E-state index contributed by atoms with van der Waals surface area (Å²) in [6.45, 7) is 3.78. The van der Waals surface area contributed by atoms with E-state index in [-0.39, 0.29) is 30.1 Å². The largest absolute Gasteiger partial charge is 0.474 e. The molecule has 8 heteroatoms. The Balaban J connectivity index is 1.78. The molecule has 1 saturated carbocycles. The van der Waals surface area contributed by atoms with Crippen LogP contribution in [0.5, 0.6) is 5.88 Å². The first kappa shape index (κ1) is 18.4. The molecule has 134 valence electrons. The van der Waals surface area contributed by atoms with Gasteiger partial charge in [0.1, 0.15) is 6.10 Å². The Morgan fingerprint density at radius 2 is 1.92 bits per heavy atom. The van der Waals surface area contributed by atoms with E-state index in [1.54, 1.807) is 0 Å². The van der Waals surface area contributed by atoms with Gasteiger partial charge in [-0.2, -0.15) is 13.2 Å². The van der Waals surface area contributed by atoms with Crippen molar-refractivity contribution >= 4 is 6.03 Å². The molecule has 0 aromatic carbocycles. The molecule has 0 unspecified atom stereocenters. The van der Waals surface area contributed by atoms with Gasteiger partial charge in [-0.1, -0.05) is 0 Å². The Morgan fingerprint density at radius 1 is 1.25 bits per heavy atom. The summed E-state index contributed by atoms with van der Waals surface area (Å²) in [5.41, 5.74) is -0.793. The van der Waals surface area contributed by atoms with Crippen LogP contribution in [0.2, 0.25) is 0 Å². The number of nitrogens with zero attached hydrogens (tertiary/aromatic N) is 1. The van der Waals surface area contributed by atoms with Gasteiger partial charge in [-0.15, -0.1) is 0 Å². The van der Waals surface area contributed by atoms with Crippen molar-refractivity contribution in [1.82, 2.24) is 15.6 Å². The highest BCUT2D eigenvalue weighted by atomic mass is 19.4. The fourth-order valence-electron chi connectivity index (χ4n) is 2.60. The van der Waals surface area contributed by atoms with Gasteiger partial charge >= 0.3 is 12.2 Å². The molecule has 1 aliphatic rings. The molecule has 1 heterocycles. The highest BCUT2D eigenvalue weighted by molar-refractivity contribution is 5.74. The van der Waals surface area contributed by atoms with Crippen LogP contribution in [0.15, 0.2) is 18.3 Å². The fraction of sp³-hybridized carbons (Fsp3) is 0.625. The highest BCUT2D eigenvalue weighted by Crippen LogP contribution is 2.30. The zero-order valence-corrected chi connectivity index (χ0v) is 13.7. The molecule has 1 aliphatic carbocycles. The number of alkyl halides is 3. The maximum atomic E-state index is 12.5. The summed E-state index contributed by atoms with van der Waals surface area (Å²) in [6.07, 6.45) is -0.761. The lowest BCUT2D eigenvalue weighted by molar-refractivity contribution is -0.137. The number of ether oxygens (including phenoxy) is 1. The lowest BCUT2D eigenvalue weighted by Crippen LogP contribution is -2.46. The van der Waals surface area contributed by atoms with Crippen molar-refractivity contribution < 1.29 is 22.7 Å². The van der Waals surface area contributed by atoms with Gasteiger partial charge in [0.25, 0.3) is 0 Å². The number of rotatable bonds is 4. The second-order valence-corrected chi connectivity index (χ2v) is 6.25. The number of urea groups is 1. The van der Waals surface area contributed by atoms with Crippen molar-refractivity contribution in [2.24, 2.45) is 0 Å². The number of carbonyl (C=O) groups excluding carboxylic acids is 1. The van der Waals surface area contributed by atoms with Crippen molar-refractivity contribution in [3.05, 3.63) is 23.9 Å². The molecule has 2 N–H and O–H groups in total. The minimum atomic E-state index is -4.40. The van der Waals surface area contributed by atoms with E-state index in [0.29, 0.717) is 0 Å². The van der Waals surface area contributed by atoms with Gasteiger partial charge in [0.05, 0.1) is 5.56 Å². The summed E-state index contributed by atoms with van der Waals surface area (Å²) >= 11 is 0. The van der Waals surface area contributed by atoms with E-state index in [9.17, 15) is 18.0 Å². The standard InChI is InChI=1S/C16H22F3N3O2/c1-10(2)21-15(23)22-12-4-6-13(7-5-12)24-14-8-3-11(9-20-14)16(17,18)19/h3,8-10,12-13H,4-7H2,1-2H3,(H2,21,22,23). The molecule has 0 atom stereocenters. The van der Waals surface area contributed by atoms with Crippen LogP contribution in [0.1, 0.15) is 45.1 Å². The van der Waals surface area contributed by atoms with Gasteiger partial charge in [-0.25, -0.2) is 9.78 Å². The minimum Gasteiger partial charge on any atom is -0.474 e. The van der Waals surface area contributed by atoms with E-state index in [1.165, 1.54) is 6.07 Å². The quantitative estimate of drug-likeness (QED) is 0.878. The zero-order chi connectivity index (χ0) is 17.7. The molecule has 0 bridgehead atoms. The topological polar surface area (TPSA) is 63.2 Å². The van der Waals surface area contributed by atoms with Crippen molar-refractivity contribution in [2.75, 3.05) is 0 Å². The Morgan fingerprint density at radius 3 is 2.42 bits per heavy atom. The van der Waals surface area contributed by atoms with Crippen molar-refractivity contribution in [3.8, 4) is 5.88 Å². The molecule has 5 nitrogen and oxygen atoms in total. The van der Waals surface area contributed by atoms with Crippen molar-refractivity contribution in [1.29, 1.82) is 0 Å². The average molecular weight is 345 g/mol. The maximum Gasteiger partial charge on any atom is 0.417 e. The molecule has 0 radical (unpaired) electrons. The highest BCUT2D eigenvalue weighted by Gasteiger charge is 2.31. The van der Waals surface area contributed by atoms with Gasteiger partial charge in [-0.05, 0) is 45.6 Å². The second kappa shape index (κ2) is 7.72. The Labute approximate surface area is 139 Å². The first-order valence-electron chi connectivity index (χ1n) is 8.01. The number of nitrogens with one attached hydrogen (secondary N) is 2. The fourth-order valence-corrected chi connectivity index (χ4v) is 2.60. The smallest absolute Gasteiger partial charge is 0.417 e. The SMILES string of the molecule is CC(C)NC(=O)NC1CCC(Oc2ccc(C(F)(F)F)cn2)CC1. The van der Waals surface area contributed by atoms with Gasteiger partial charge in [-0.3, -0.25) is 0 Å². The number of halogens is 3. The molecule has 24 heavy (non-hydrogen) atoms. The molecule has 1 fully saturated rings. The van der Waals surface area contributed by atoms with Crippen LogP contribution in [0.4, 0.5) is 18.0 Å². The molecule has 0 aliphatic heterocycles. The van der Waals surface area contributed by atoms with E-state index in [4.69, 9.17) is 4.74 Å². The van der Waals surface area contributed by atoms with Crippen LogP contribution in [0.25, 0.3) is 0 Å². The van der Waals surface area contributed by atoms with E-state index < -0.39 is 11.7 Å². The number of carbonyl (C=O) groups is 1. The van der Waals surface area contributed by atoms with E-state index >= 15 is 0 Å². The average Bonchev–Trinajstić information content (AvgIpc) is 2.48. The normalized spacial score (nSPS) is 21.4. The van der Waals surface area contributed by atoms with Gasteiger partial charge < -0.3 is 15.4 Å². The summed E-state index contributed by atoms with van der Waals surface area (Å²) in [6, 6.07) is 2.19. The third-order valence-electron chi connectivity index (χ3n) is 3.78. The monoisotopic (exact) mass is 345 g/mol. The van der Waals surface area contributed by atoms with E-state index in [2.05, 4.69) is 15.6 Å². The number of aromatic nitrogens is 1. The van der Waals surface area contributed by atoms with Crippen molar-refractivity contribution in [2.45, 2.75) is 63.9 Å². The number of pyridine rings is 1. The molecule has 1 aromatic rings. The third-order valence-corrected chi connectivity index (χ3v) is 3.78. The van der Waals surface area contributed by atoms with Gasteiger partial charge in [0, 0.05) is 24.3 Å². The molecular formula is C16H22F3N3O2. The maximum absolute atomic E-state index is 12.5. The zero-order valence-electron chi connectivity index (χ0n) is 13.7. The molecular weight excluding hydrogens is 323 g/mol. The lowest BCUT2D eigenvalue weighted by Gasteiger charge is -2.29. The lowest BCUT2D eigenvalue weighted by atomic mass is 9.93. The van der Waals surface area contributed by atoms with Crippen LogP contribution in [0.3, 0.4) is 0 Å². The summed E-state index contributed by atoms with van der Waals surface area (Å²) in [5.74, 6) is 0.192. The van der Waals surface area contributed by atoms with Crippen LogP contribution in [-0.2, 0) is 6.18 Å². The summed E-state index contributed by atoms with van der Waals surface area (Å²) < 4.78 is 43.1. The van der Waals surface area contributed by atoms with Crippen LogP contribution in [-0.4, -0.2) is 29.2 Å². The van der Waals surface area contributed by atoms with E-state index in [0.717, 1.165) is 37.9 Å². The molecule has 2 amide bonds. The van der Waals surface area contributed by atoms with Gasteiger partial charge in [0.2, 0.25) is 5.88 Å². The minimum absolute atomic E-state index is 0.0791. The Hall–Kier alpha value is -1.99. The van der Waals surface area contributed by atoms with Gasteiger partial charge in [0.15, 0.2) is 0 Å². The van der Waals surface area contributed by atoms with E-state index in [1.807, 2.05) is 13.8 Å². The van der Waals surface area contributed by atoms with Crippen LogP contribution >= 0.6 is 0 Å². The summed E-state index contributed by atoms with van der Waals surface area (Å²) in [5, 5.41) is 5.69. The summed E-state index contributed by atoms with van der Waals surface area (Å²) in [4.78, 5) is 15.4. The Bertz CT molecular complexity index is 538. The predicted octanol–water partition coefficient (Wildman–Crippen LogP) is 3.50.